The highest BCUT2D eigenvalue weighted by molar-refractivity contribution is 7.86. The maximum Gasteiger partial charge on any atom is 0.311 e. The summed E-state index contributed by atoms with van der Waals surface area (Å²) < 4.78 is 43.0. The summed E-state index contributed by atoms with van der Waals surface area (Å²) in [5.41, 5.74) is 6.31. The maximum absolute atomic E-state index is 13.7. The Bertz CT molecular complexity index is 984. The zero-order valence-electron chi connectivity index (χ0n) is 15.1. The van der Waals surface area contributed by atoms with Crippen LogP contribution < -0.4 is 15.5 Å². The Hall–Kier alpha value is -2.26. The van der Waals surface area contributed by atoms with Crippen molar-refractivity contribution >= 4 is 10.1 Å². The lowest BCUT2D eigenvalue weighted by Crippen LogP contribution is -2.29. The first-order chi connectivity index (χ1) is 12.0. The van der Waals surface area contributed by atoms with Gasteiger partial charge in [0.15, 0.2) is 0 Å². The minimum atomic E-state index is -3.91. The predicted molar refractivity (Wildman–Crippen MR) is 96.8 cm³/mol. The Morgan fingerprint density at radius 3 is 2.54 bits per heavy atom. The maximum atomic E-state index is 13.7. The van der Waals surface area contributed by atoms with Gasteiger partial charge in [-0.3, -0.25) is 4.79 Å². The minimum Gasteiger partial charge on any atom is -0.376 e. The summed E-state index contributed by atoms with van der Waals surface area (Å²) in [5.74, 6) is -0.663. The number of hydrogen-bond acceptors (Lipinski definition) is 6. The summed E-state index contributed by atoms with van der Waals surface area (Å²) in [6.07, 6.45) is 0.864. The van der Waals surface area contributed by atoms with E-state index in [4.69, 9.17) is 9.92 Å². The van der Waals surface area contributed by atoms with Gasteiger partial charge in [-0.25, -0.2) is 9.07 Å². The van der Waals surface area contributed by atoms with Gasteiger partial charge in [-0.2, -0.15) is 13.5 Å². The van der Waals surface area contributed by atoms with Crippen molar-refractivity contribution < 1.29 is 17.0 Å². The molecule has 1 heterocycles. The van der Waals surface area contributed by atoms with E-state index in [9.17, 15) is 17.6 Å². The summed E-state index contributed by atoms with van der Waals surface area (Å²) >= 11 is 0. The van der Waals surface area contributed by atoms with Crippen molar-refractivity contribution in [2.75, 3.05) is 6.26 Å². The Labute approximate surface area is 151 Å². The molecule has 1 aromatic heterocycles. The smallest absolute Gasteiger partial charge is 0.311 e. The number of hydrogen-bond donors (Lipinski definition) is 1. The van der Waals surface area contributed by atoms with Gasteiger partial charge in [-0.05, 0) is 31.0 Å². The van der Waals surface area contributed by atoms with E-state index < -0.39 is 21.5 Å². The molecule has 2 N–H and O–H groups in total. The summed E-state index contributed by atoms with van der Waals surface area (Å²) in [4.78, 5) is 12.6. The lowest BCUT2D eigenvalue weighted by Gasteiger charge is -2.16. The van der Waals surface area contributed by atoms with Gasteiger partial charge in [0.1, 0.15) is 5.82 Å². The average Bonchev–Trinajstić information content (AvgIpc) is 2.53. The molecule has 0 fully saturated rings. The van der Waals surface area contributed by atoms with Gasteiger partial charge in [0.25, 0.3) is 0 Å². The van der Waals surface area contributed by atoms with Gasteiger partial charge in [0, 0.05) is 29.8 Å². The highest BCUT2D eigenvalue weighted by Crippen LogP contribution is 2.27. The van der Waals surface area contributed by atoms with E-state index in [0.717, 1.165) is 6.26 Å². The summed E-state index contributed by atoms with van der Waals surface area (Å²) in [6.45, 7) is 5.61. The van der Waals surface area contributed by atoms with Crippen LogP contribution in [0.25, 0.3) is 11.3 Å². The lowest BCUT2D eigenvalue weighted by molar-refractivity contribution is 0.440. The van der Waals surface area contributed by atoms with Gasteiger partial charge in [0.05, 0.1) is 11.9 Å². The molecule has 0 amide bonds. The lowest BCUT2D eigenvalue weighted by atomic mass is 10.0. The molecule has 0 saturated heterocycles. The third-order valence-corrected chi connectivity index (χ3v) is 4.13. The Kier molecular flexibility index (Phi) is 5.82. The number of halogens is 1. The second-order valence-corrected chi connectivity index (χ2v) is 8.06. The molecule has 0 radical (unpaired) electrons. The summed E-state index contributed by atoms with van der Waals surface area (Å²) in [5, 5.41) is 4.34. The molecule has 1 aromatic carbocycles. The van der Waals surface area contributed by atoms with Gasteiger partial charge in [-0.1, -0.05) is 13.8 Å². The first-order valence-corrected chi connectivity index (χ1v) is 9.85. The number of aromatic nitrogens is 2. The Morgan fingerprint density at radius 1 is 1.35 bits per heavy atom. The van der Waals surface area contributed by atoms with Crippen LogP contribution in [0.5, 0.6) is 5.75 Å². The topological polar surface area (TPSA) is 104 Å². The Morgan fingerprint density at radius 2 is 2.00 bits per heavy atom. The third kappa shape index (κ3) is 4.47. The fourth-order valence-corrected chi connectivity index (χ4v) is 3.00. The van der Waals surface area contributed by atoms with E-state index in [1.807, 2.05) is 13.8 Å². The number of benzene rings is 1. The van der Waals surface area contributed by atoms with E-state index in [1.54, 1.807) is 0 Å². The van der Waals surface area contributed by atoms with Crippen molar-refractivity contribution in [2.45, 2.75) is 33.9 Å². The van der Waals surface area contributed by atoms with Crippen LogP contribution in [0.2, 0.25) is 0 Å². The largest absolute Gasteiger partial charge is 0.376 e. The van der Waals surface area contributed by atoms with Crippen molar-refractivity contribution in [1.29, 1.82) is 0 Å². The molecular formula is C17H22FN3O4S. The Balaban J connectivity index is 2.76. The van der Waals surface area contributed by atoms with Crippen LogP contribution in [0, 0.1) is 18.7 Å². The van der Waals surface area contributed by atoms with Crippen molar-refractivity contribution in [3.05, 3.63) is 45.5 Å². The van der Waals surface area contributed by atoms with Gasteiger partial charge < -0.3 is 9.92 Å². The molecule has 0 spiro atoms. The van der Waals surface area contributed by atoms with Crippen molar-refractivity contribution in [2.24, 2.45) is 11.7 Å². The van der Waals surface area contributed by atoms with E-state index in [0.29, 0.717) is 11.3 Å². The monoisotopic (exact) mass is 383 g/mol. The molecule has 142 valence electrons. The fourth-order valence-electron chi connectivity index (χ4n) is 2.50. The molecule has 0 atom stereocenters. The average molecular weight is 383 g/mol. The number of nitrogens with zero attached hydrogens (tertiary/aromatic N) is 2. The first-order valence-electron chi connectivity index (χ1n) is 8.03. The predicted octanol–water partition coefficient (Wildman–Crippen LogP) is 1.81. The number of rotatable bonds is 6. The first kappa shape index (κ1) is 20.1. The molecule has 2 aromatic rings. The van der Waals surface area contributed by atoms with Crippen LogP contribution in [0.15, 0.2) is 23.0 Å². The molecular weight excluding hydrogens is 361 g/mol. The molecule has 0 bridgehead atoms. The molecule has 0 saturated carbocycles. The molecule has 0 unspecified atom stereocenters. The van der Waals surface area contributed by atoms with Crippen molar-refractivity contribution in [3.63, 3.8) is 0 Å². The van der Waals surface area contributed by atoms with Crippen LogP contribution in [-0.2, 0) is 23.2 Å². The van der Waals surface area contributed by atoms with Crippen LogP contribution in [-0.4, -0.2) is 24.5 Å². The van der Waals surface area contributed by atoms with Crippen LogP contribution in [0.1, 0.15) is 25.0 Å². The fraction of sp³-hybridized carbons (Fsp3) is 0.412. The van der Waals surface area contributed by atoms with Gasteiger partial charge >= 0.3 is 15.7 Å². The molecule has 2 rings (SSSR count). The van der Waals surface area contributed by atoms with Crippen LogP contribution in [0.3, 0.4) is 0 Å². The second-order valence-electron chi connectivity index (χ2n) is 6.48. The summed E-state index contributed by atoms with van der Waals surface area (Å²) in [7, 11) is -3.91. The quantitative estimate of drug-likeness (QED) is 0.763. The third-order valence-electron chi connectivity index (χ3n) is 3.66. The minimum absolute atomic E-state index is 0.00293. The highest BCUT2D eigenvalue weighted by Gasteiger charge is 2.21. The zero-order valence-corrected chi connectivity index (χ0v) is 15.9. The normalized spacial score (nSPS) is 11.8. The molecule has 26 heavy (non-hydrogen) atoms. The van der Waals surface area contributed by atoms with Crippen molar-refractivity contribution in [1.82, 2.24) is 9.78 Å². The highest BCUT2D eigenvalue weighted by atomic mass is 32.2. The standard InChI is InChI=1S/C17H22FN3O4S/c1-10(2)9-21-17(22)16(25-26(4,23)24)11(3)15(20-21)12-5-6-14(18)13(7-12)8-19/h5-7,10H,8-9,19H2,1-4H3. The molecule has 9 heteroatoms. The summed E-state index contributed by atoms with van der Waals surface area (Å²) in [6, 6.07) is 4.28. The second kappa shape index (κ2) is 7.55. The van der Waals surface area contributed by atoms with Crippen LogP contribution >= 0.6 is 0 Å². The molecule has 7 nitrogen and oxygen atoms in total. The van der Waals surface area contributed by atoms with Gasteiger partial charge in [0.2, 0.25) is 5.75 Å². The van der Waals surface area contributed by atoms with Crippen molar-refractivity contribution in [3.8, 4) is 17.0 Å². The van der Waals surface area contributed by atoms with E-state index >= 15 is 0 Å². The molecule has 0 aliphatic heterocycles. The zero-order chi connectivity index (χ0) is 19.6. The molecule has 0 aliphatic rings. The van der Waals surface area contributed by atoms with Crippen LogP contribution in [0.4, 0.5) is 4.39 Å². The van der Waals surface area contributed by atoms with E-state index in [-0.39, 0.29) is 35.9 Å². The molecule has 0 aliphatic carbocycles. The van der Waals surface area contributed by atoms with E-state index in [2.05, 4.69) is 5.10 Å². The van der Waals surface area contributed by atoms with E-state index in [1.165, 1.54) is 29.8 Å². The van der Waals surface area contributed by atoms with Gasteiger partial charge in [-0.15, -0.1) is 0 Å². The SMILES string of the molecule is Cc1c(-c2ccc(F)c(CN)c2)nn(CC(C)C)c(=O)c1OS(C)(=O)=O. The number of nitrogens with two attached hydrogens (primary N) is 1.